The SMILES string of the molecule is CSc1ccc(Nc2ccnc3c(N)cccc23)cc1. The molecule has 0 bridgehead atoms. The number of anilines is 3. The van der Waals surface area contributed by atoms with Crippen LogP contribution in [-0.4, -0.2) is 11.2 Å². The number of benzene rings is 2. The van der Waals surface area contributed by atoms with Crippen LogP contribution in [0.5, 0.6) is 0 Å². The normalized spacial score (nSPS) is 10.7. The lowest BCUT2D eigenvalue weighted by atomic mass is 10.1. The van der Waals surface area contributed by atoms with Gasteiger partial charge in [0, 0.05) is 27.9 Å². The molecule has 1 heterocycles. The Morgan fingerprint density at radius 2 is 1.85 bits per heavy atom. The van der Waals surface area contributed by atoms with Crippen LogP contribution in [0, 0.1) is 0 Å². The van der Waals surface area contributed by atoms with E-state index >= 15 is 0 Å². The summed E-state index contributed by atoms with van der Waals surface area (Å²) in [5.41, 5.74) is 9.56. The molecule has 0 saturated carbocycles. The van der Waals surface area contributed by atoms with Crippen molar-refractivity contribution in [1.82, 2.24) is 4.98 Å². The number of thioether (sulfide) groups is 1. The summed E-state index contributed by atoms with van der Waals surface area (Å²) in [6, 6.07) is 16.2. The van der Waals surface area contributed by atoms with Crippen molar-refractivity contribution < 1.29 is 0 Å². The second kappa shape index (κ2) is 5.43. The molecule has 20 heavy (non-hydrogen) atoms. The molecule has 2 aromatic carbocycles. The summed E-state index contributed by atoms with van der Waals surface area (Å²) >= 11 is 1.73. The number of nitrogens with one attached hydrogen (secondary N) is 1. The third-order valence-corrected chi connectivity index (χ3v) is 3.91. The third kappa shape index (κ3) is 2.42. The molecule has 100 valence electrons. The van der Waals surface area contributed by atoms with E-state index in [-0.39, 0.29) is 0 Å². The number of aromatic nitrogens is 1. The number of pyridine rings is 1. The molecule has 0 aliphatic heterocycles. The average molecular weight is 281 g/mol. The van der Waals surface area contributed by atoms with Gasteiger partial charge in [-0.1, -0.05) is 12.1 Å². The molecule has 0 spiro atoms. The minimum absolute atomic E-state index is 0.698. The molecule has 0 aliphatic carbocycles. The average Bonchev–Trinajstić information content (AvgIpc) is 2.49. The molecule has 0 radical (unpaired) electrons. The van der Waals surface area contributed by atoms with Crippen LogP contribution in [-0.2, 0) is 0 Å². The van der Waals surface area contributed by atoms with Crippen molar-refractivity contribution in [2.75, 3.05) is 17.3 Å². The fourth-order valence-corrected chi connectivity index (χ4v) is 2.55. The predicted molar refractivity (Wildman–Crippen MR) is 87.7 cm³/mol. The van der Waals surface area contributed by atoms with Gasteiger partial charge in [0.2, 0.25) is 0 Å². The van der Waals surface area contributed by atoms with Gasteiger partial charge in [0.1, 0.15) is 0 Å². The molecular formula is C16H15N3S. The van der Waals surface area contributed by atoms with Crippen molar-refractivity contribution in [1.29, 1.82) is 0 Å². The van der Waals surface area contributed by atoms with Crippen molar-refractivity contribution in [3.05, 3.63) is 54.7 Å². The zero-order valence-electron chi connectivity index (χ0n) is 11.1. The number of hydrogen-bond donors (Lipinski definition) is 2. The fourth-order valence-electron chi connectivity index (χ4n) is 2.14. The number of nitrogens with two attached hydrogens (primary N) is 1. The largest absolute Gasteiger partial charge is 0.397 e. The summed E-state index contributed by atoms with van der Waals surface area (Å²) in [6.07, 6.45) is 3.85. The summed E-state index contributed by atoms with van der Waals surface area (Å²) in [5.74, 6) is 0. The first-order valence-electron chi connectivity index (χ1n) is 6.32. The molecule has 3 rings (SSSR count). The van der Waals surface area contributed by atoms with Crippen molar-refractivity contribution in [2.45, 2.75) is 4.90 Å². The Balaban J connectivity index is 1.99. The number of rotatable bonds is 3. The second-order valence-electron chi connectivity index (χ2n) is 4.46. The summed E-state index contributed by atoms with van der Waals surface area (Å²) in [7, 11) is 0. The Hall–Kier alpha value is -2.20. The van der Waals surface area contributed by atoms with Gasteiger partial charge in [-0.25, -0.2) is 0 Å². The van der Waals surface area contributed by atoms with Crippen molar-refractivity contribution >= 4 is 39.7 Å². The molecule has 3 nitrogen and oxygen atoms in total. The van der Waals surface area contributed by atoms with Crippen LogP contribution in [0.1, 0.15) is 0 Å². The highest BCUT2D eigenvalue weighted by atomic mass is 32.2. The molecule has 0 amide bonds. The molecule has 0 fully saturated rings. The Morgan fingerprint density at radius 3 is 2.60 bits per heavy atom. The van der Waals surface area contributed by atoms with E-state index in [2.05, 4.69) is 40.8 Å². The van der Waals surface area contributed by atoms with E-state index in [4.69, 9.17) is 5.73 Å². The lowest BCUT2D eigenvalue weighted by Crippen LogP contribution is -1.95. The molecule has 0 aliphatic rings. The standard InChI is InChI=1S/C16H15N3S/c1-20-12-7-5-11(6-8-12)19-15-9-10-18-16-13(15)3-2-4-14(16)17/h2-10H,17H2,1H3,(H,18,19). The van der Waals surface area contributed by atoms with Gasteiger partial charge in [-0.05, 0) is 42.7 Å². The van der Waals surface area contributed by atoms with E-state index in [1.807, 2.05) is 24.3 Å². The smallest absolute Gasteiger partial charge is 0.0951 e. The van der Waals surface area contributed by atoms with Gasteiger partial charge < -0.3 is 11.1 Å². The van der Waals surface area contributed by atoms with Gasteiger partial charge in [-0.15, -0.1) is 11.8 Å². The van der Waals surface area contributed by atoms with Crippen molar-refractivity contribution in [3.63, 3.8) is 0 Å². The van der Waals surface area contributed by atoms with Crippen LogP contribution in [0.25, 0.3) is 10.9 Å². The van der Waals surface area contributed by atoms with Gasteiger partial charge >= 0.3 is 0 Å². The Kier molecular flexibility index (Phi) is 3.48. The van der Waals surface area contributed by atoms with Gasteiger partial charge in [0.05, 0.1) is 11.2 Å². The Morgan fingerprint density at radius 1 is 1.05 bits per heavy atom. The maximum atomic E-state index is 5.96. The summed E-state index contributed by atoms with van der Waals surface area (Å²) in [5, 5.41) is 4.45. The van der Waals surface area contributed by atoms with E-state index in [0.29, 0.717) is 5.69 Å². The fraction of sp³-hybridized carbons (Fsp3) is 0.0625. The first-order chi connectivity index (χ1) is 9.78. The van der Waals surface area contributed by atoms with Crippen molar-refractivity contribution in [3.8, 4) is 0 Å². The van der Waals surface area contributed by atoms with E-state index < -0.39 is 0 Å². The quantitative estimate of drug-likeness (QED) is 0.555. The number of para-hydroxylation sites is 1. The third-order valence-electron chi connectivity index (χ3n) is 3.17. The van der Waals surface area contributed by atoms with Gasteiger partial charge in [-0.2, -0.15) is 0 Å². The second-order valence-corrected chi connectivity index (χ2v) is 5.34. The molecule has 1 aromatic heterocycles. The highest BCUT2D eigenvalue weighted by Crippen LogP contribution is 2.28. The number of hydrogen-bond acceptors (Lipinski definition) is 4. The van der Waals surface area contributed by atoms with E-state index in [1.165, 1.54) is 4.90 Å². The molecule has 3 N–H and O–H groups in total. The summed E-state index contributed by atoms with van der Waals surface area (Å²) < 4.78 is 0. The monoisotopic (exact) mass is 281 g/mol. The van der Waals surface area contributed by atoms with Crippen molar-refractivity contribution in [2.24, 2.45) is 0 Å². The maximum absolute atomic E-state index is 5.96. The first-order valence-corrected chi connectivity index (χ1v) is 7.54. The van der Waals surface area contributed by atoms with Gasteiger partial charge in [0.25, 0.3) is 0 Å². The lowest BCUT2D eigenvalue weighted by Gasteiger charge is -2.10. The van der Waals surface area contributed by atoms with Crippen LogP contribution < -0.4 is 11.1 Å². The minimum atomic E-state index is 0.698. The molecular weight excluding hydrogens is 266 g/mol. The summed E-state index contributed by atoms with van der Waals surface area (Å²) in [4.78, 5) is 5.59. The first kappa shape index (κ1) is 12.8. The molecule has 0 atom stereocenters. The van der Waals surface area contributed by atoms with Crippen LogP contribution >= 0.6 is 11.8 Å². The number of nitrogen functional groups attached to an aromatic ring is 1. The Bertz CT molecular complexity index is 738. The molecule has 0 saturated heterocycles. The van der Waals surface area contributed by atoms with E-state index in [1.54, 1.807) is 18.0 Å². The predicted octanol–water partition coefficient (Wildman–Crippen LogP) is 4.28. The zero-order chi connectivity index (χ0) is 13.9. The van der Waals surface area contributed by atoms with E-state index in [9.17, 15) is 0 Å². The zero-order valence-corrected chi connectivity index (χ0v) is 11.9. The highest BCUT2D eigenvalue weighted by Gasteiger charge is 2.04. The van der Waals surface area contributed by atoms with Crippen LogP contribution in [0.15, 0.2) is 59.6 Å². The van der Waals surface area contributed by atoms with Gasteiger partial charge in [-0.3, -0.25) is 4.98 Å². The number of nitrogens with zero attached hydrogens (tertiary/aromatic N) is 1. The Labute approximate surface area is 122 Å². The van der Waals surface area contributed by atoms with E-state index in [0.717, 1.165) is 22.3 Å². The maximum Gasteiger partial charge on any atom is 0.0951 e. The molecule has 3 aromatic rings. The lowest BCUT2D eigenvalue weighted by molar-refractivity contribution is 1.40. The number of fused-ring (bicyclic) bond motifs is 1. The van der Waals surface area contributed by atoms with Crippen LogP contribution in [0.2, 0.25) is 0 Å². The molecule has 4 heteroatoms. The van der Waals surface area contributed by atoms with Gasteiger partial charge in [0.15, 0.2) is 0 Å². The van der Waals surface area contributed by atoms with Crippen LogP contribution in [0.3, 0.4) is 0 Å². The minimum Gasteiger partial charge on any atom is -0.397 e. The highest BCUT2D eigenvalue weighted by molar-refractivity contribution is 7.98. The summed E-state index contributed by atoms with van der Waals surface area (Å²) in [6.45, 7) is 0. The topological polar surface area (TPSA) is 50.9 Å². The molecule has 0 unspecified atom stereocenters. The van der Waals surface area contributed by atoms with Crippen LogP contribution in [0.4, 0.5) is 17.1 Å².